The average molecular weight is 245 g/mol. The van der Waals surface area contributed by atoms with Gasteiger partial charge in [0.15, 0.2) is 0 Å². The van der Waals surface area contributed by atoms with Crippen molar-refractivity contribution in [2.75, 3.05) is 0 Å². The Morgan fingerprint density at radius 1 is 1.17 bits per heavy atom. The van der Waals surface area contributed by atoms with Crippen molar-refractivity contribution in [1.82, 2.24) is 4.90 Å². The van der Waals surface area contributed by atoms with Gasteiger partial charge in [0.25, 0.3) is 0 Å². The molecule has 1 N–H and O–H groups in total. The van der Waals surface area contributed by atoms with E-state index < -0.39 is 0 Å². The second-order valence-electron chi connectivity index (χ2n) is 5.14. The van der Waals surface area contributed by atoms with E-state index in [1.54, 1.807) is 18.2 Å². The summed E-state index contributed by atoms with van der Waals surface area (Å²) >= 11 is 0. The summed E-state index contributed by atoms with van der Waals surface area (Å²) < 4.78 is 0. The van der Waals surface area contributed by atoms with E-state index in [0.29, 0.717) is 0 Å². The number of amides is 2. The number of nitrogens with zero attached hydrogens (tertiary/aromatic N) is 1. The Hall–Kier alpha value is -1.84. The molecule has 94 valence electrons. The maximum atomic E-state index is 12.1. The summed E-state index contributed by atoms with van der Waals surface area (Å²) in [6, 6.07) is 6.71. The second-order valence-corrected chi connectivity index (χ2v) is 5.14. The first-order chi connectivity index (χ1) is 8.65. The molecular formula is C14H15NO3. The molecule has 0 radical (unpaired) electrons. The number of hydrogen-bond donors (Lipinski definition) is 1. The molecule has 1 saturated carbocycles. The van der Waals surface area contributed by atoms with Gasteiger partial charge in [-0.15, -0.1) is 0 Å². The zero-order chi connectivity index (χ0) is 12.7. The van der Waals surface area contributed by atoms with Crippen molar-refractivity contribution in [1.29, 1.82) is 0 Å². The highest BCUT2D eigenvalue weighted by Gasteiger charge is 2.44. The molecule has 1 heterocycles. The highest BCUT2D eigenvalue weighted by Crippen LogP contribution is 2.38. The molecule has 2 unspecified atom stereocenters. The summed E-state index contributed by atoms with van der Waals surface area (Å²) in [5, 5.41) is 9.40. The van der Waals surface area contributed by atoms with Crippen molar-refractivity contribution in [2.45, 2.75) is 25.8 Å². The standard InChI is InChI=1S/C14H15NO3/c16-12-3-1-2-9(6-12)8-15-13(17)10-4-5-11(7-10)14(15)18/h1-3,6,10-11,16H,4-5,7-8H2. The van der Waals surface area contributed by atoms with Crippen LogP contribution in [0.5, 0.6) is 5.75 Å². The van der Waals surface area contributed by atoms with Gasteiger partial charge >= 0.3 is 0 Å². The Labute approximate surface area is 105 Å². The molecule has 1 aliphatic heterocycles. The number of likely N-dealkylation sites (tertiary alicyclic amines) is 1. The summed E-state index contributed by atoms with van der Waals surface area (Å²) in [7, 11) is 0. The number of carbonyl (C=O) groups excluding carboxylic acids is 2. The topological polar surface area (TPSA) is 57.6 Å². The minimum Gasteiger partial charge on any atom is -0.508 e. The molecule has 1 aromatic rings. The fourth-order valence-electron chi connectivity index (χ4n) is 2.97. The Balaban J connectivity index is 1.83. The lowest BCUT2D eigenvalue weighted by molar-refractivity contribution is -0.153. The number of phenolic OH excluding ortho intramolecular Hbond substituents is 1. The molecule has 0 aromatic heterocycles. The van der Waals surface area contributed by atoms with E-state index in [4.69, 9.17) is 0 Å². The summed E-state index contributed by atoms with van der Waals surface area (Å²) in [5.74, 6) is 0.136. The van der Waals surface area contributed by atoms with Crippen molar-refractivity contribution in [3.05, 3.63) is 29.8 Å². The third kappa shape index (κ3) is 1.78. The van der Waals surface area contributed by atoms with Crippen LogP contribution in [0.25, 0.3) is 0 Å². The first kappa shape index (κ1) is 11.3. The van der Waals surface area contributed by atoms with Crippen molar-refractivity contribution < 1.29 is 14.7 Å². The largest absolute Gasteiger partial charge is 0.508 e. The predicted molar refractivity (Wildman–Crippen MR) is 64.5 cm³/mol. The molecule has 4 nitrogen and oxygen atoms in total. The van der Waals surface area contributed by atoms with Crippen LogP contribution in [0.15, 0.2) is 24.3 Å². The number of imide groups is 1. The van der Waals surface area contributed by atoms with Crippen molar-refractivity contribution >= 4 is 11.8 Å². The van der Waals surface area contributed by atoms with Crippen LogP contribution >= 0.6 is 0 Å². The van der Waals surface area contributed by atoms with Crippen LogP contribution in [-0.4, -0.2) is 21.8 Å². The van der Waals surface area contributed by atoms with Gasteiger partial charge in [0.1, 0.15) is 5.75 Å². The number of carbonyl (C=O) groups is 2. The van der Waals surface area contributed by atoms with Crippen molar-refractivity contribution in [2.24, 2.45) is 11.8 Å². The SMILES string of the molecule is O=C1C2CCC(C2)C(=O)N1Cc1cccc(O)c1. The second kappa shape index (κ2) is 4.12. The van der Waals surface area contributed by atoms with Crippen molar-refractivity contribution in [3.8, 4) is 5.75 Å². The van der Waals surface area contributed by atoms with Crippen LogP contribution in [-0.2, 0) is 16.1 Å². The van der Waals surface area contributed by atoms with Crippen LogP contribution < -0.4 is 0 Å². The number of hydrogen-bond acceptors (Lipinski definition) is 3. The molecule has 0 spiro atoms. The molecule has 2 atom stereocenters. The quantitative estimate of drug-likeness (QED) is 0.806. The molecule has 2 amide bonds. The molecular weight excluding hydrogens is 230 g/mol. The predicted octanol–water partition coefficient (Wildman–Crippen LogP) is 1.68. The Bertz CT molecular complexity index is 490. The summed E-state index contributed by atoms with van der Waals surface area (Å²) in [6.45, 7) is 0.277. The van der Waals surface area contributed by atoms with Crippen LogP contribution in [0.1, 0.15) is 24.8 Å². The molecule has 2 fully saturated rings. The minimum absolute atomic E-state index is 0.0324. The maximum Gasteiger partial charge on any atom is 0.232 e. The number of aromatic hydroxyl groups is 1. The average Bonchev–Trinajstić information content (AvgIpc) is 2.79. The zero-order valence-corrected chi connectivity index (χ0v) is 10.0. The number of piperidine rings is 1. The smallest absolute Gasteiger partial charge is 0.232 e. The van der Waals surface area contributed by atoms with Gasteiger partial charge in [0, 0.05) is 11.8 Å². The van der Waals surface area contributed by atoms with Gasteiger partial charge in [-0.3, -0.25) is 14.5 Å². The fourth-order valence-corrected chi connectivity index (χ4v) is 2.97. The highest BCUT2D eigenvalue weighted by molar-refractivity contribution is 6.00. The molecule has 1 aromatic carbocycles. The van der Waals surface area contributed by atoms with E-state index in [9.17, 15) is 14.7 Å². The van der Waals surface area contributed by atoms with Gasteiger partial charge in [-0.05, 0) is 37.0 Å². The molecule has 2 bridgehead atoms. The van der Waals surface area contributed by atoms with Gasteiger partial charge in [-0.2, -0.15) is 0 Å². The normalized spacial score (nSPS) is 26.8. The third-order valence-corrected chi connectivity index (χ3v) is 3.91. The summed E-state index contributed by atoms with van der Waals surface area (Å²) in [5.41, 5.74) is 0.790. The zero-order valence-electron chi connectivity index (χ0n) is 10.0. The first-order valence-electron chi connectivity index (χ1n) is 6.28. The lowest BCUT2D eigenvalue weighted by atomic mass is 9.96. The van der Waals surface area contributed by atoms with Crippen molar-refractivity contribution in [3.63, 3.8) is 0 Å². The Morgan fingerprint density at radius 2 is 1.83 bits per heavy atom. The number of benzene rings is 1. The molecule has 1 saturated heterocycles. The van der Waals surface area contributed by atoms with E-state index in [1.165, 1.54) is 4.90 Å². The van der Waals surface area contributed by atoms with Crippen LogP contribution in [0.3, 0.4) is 0 Å². The summed E-state index contributed by atoms with van der Waals surface area (Å²) in [6.07, 6.45) is 2.41. The highest BCUT2D eigenvalue weighted by atomic mass is 16.3. The van der Waals surface area contributed by atoms with E-state index in [2.05, 4.69) is 0 Å². The third-order valence-electron chi connectivity index (χ3n) is 3.91. The van der Waals surface area contributed by atoms with Gasteiger partial charge in [-0.25, -0.2) is 0 Å². The molecule has 2 aliphatic rings. The van der Waals surface area contributed by atoms with E-state index in [1.807, 2.05) is 6.07 Å². The monoisotopic (exact) mass is 245 g/mol. The molecule has 18 heavy (non-hydrogen) atoms. The van der Waals surface area contributed by atoms with Crippen LogP contribution in [0.4, 0.5) is 0 Å². The maximum absolute atomic E-state index is 12.1. The molecule has 4 heteroatoms. The van der Waals surface area contributed by atoms with Gasteiger partial charge in [-0.1, -0.05) is 12.1 Å². The van der Waals surface area contributed by atoms with Crippen LogP contribution in [0.2, 0.25) is 0 Å². The van der Waals surface area contributed by atoms with Gasteiger partial charge < -0.3 is 5.11 Å². The molecule has 1 aliphatic carbocycles. The van der Waals surface area contributed by atoms with Crippen LogP contribution in [0, 0.1) is 11.8 Å². The van der Waals surface area contributed by atoms with Gasteiger partial charge in [0.05, 0.1) is 6.54 Å². The Morgan fingerprint density at radius 3 is 2.44 bits per heavy atom. The van der Waals surface area contributed by atoms with E-state index >= 15 is 0 Å². The Kier molecular flexibility index (Phi) is 2.58. The number of fused-ring (bicyclic) bond motifs is 2. The van der Waals surface area contributed by atoms with Gasteiger partial charge in [0.2, 0.25) is 11.8 Å². The fraction of sp³-hybridized carbons (Fsp3) is 0.429. The number of phenols is 1. The minimum atomic E-state index is -0.0444. The summed E-state index contributed by atoms with van der Waals surface area (Å²) in [4.78, 5) is 25.6. The molecule has 3 rings (SSSR count). The lowest BCUT2D eigenvalue weighted by Gasteiger charge is -2.29. The lowest BCUT2D eigenvalue weighted by Crippen LogP contribution is -2.45. The number of rotatable bonds is 2. The van der Waals surface area contributed by atoms with E-state index in [-0.39, 0.29) is 35.9 Å². The first-order valence-corrected chi connectivity index (χ1v) is 6.28. The van der Waals surface area contributed by atoms with E-state index in [0.717, 1.165) is 24.8 Å².